The molecule has 3 aliphatic heterocycles. The number of thiophene rings is 1. The molecule has 1 aromatic rings. The average Bonchev–Trinajstić information content (AvgIpc) is 3.37. The van der Waals surface area contributed by atoms with Crippen LogP contribution in [0.4, 0.5) is 9.80 Å². The molecular weight excluding hydrogens is 520 g/mol. The van der Waals surface area contributed by atoms with Gasteiger partial charge in [-0.1, -0.05) is 0 Å². The van der Waals surface area contributed by atoms with Gasteiger partial charge >= 0.3 is 18.0 Å². The number of ether oxygens (including phenoxy) is 2. The van der Waals surface area contributed by atoms with Gasteiger partial charge in [-0.15, -0.1) is 11.3 Å². The van der Waals surface area contributed by atoms with Crippen LogP contribution in [0.3, 0.4) is 0 Å². The largest absolute Gasteiger partial charge is 0.466 e. The number of esters is 2. The maximum Gasteiger partial charge on any atom is 0.319 e. The number of urea groups is 1. The lowest BCUT2D eigenvalue weighted by Crippen LogP contribution is -2.53. The number of carbonyl (C=O) groups is 4. The van der Waals surface area contributed by atoms with Gasteiger partial charge in [-0.25, -0.2) is 4.79 Å². The molecule has 3 saturated heterocycles. The third-order valence-electron chi connectivity index (χ3n) is 7.89. The minimum absolute atomic E-state index is 0.0573. The number of nitrogens with zero attached hydrogens (tertiary/aromatic N) is 2. The molecule has 4 heterocycles. The van der Waals surface area contributed by atoms with E-state index in [9.17, 15) is 19.2 Å². The standard InChI is InChI=1S/C28H42N4O6S/c1-5-29-26(36)30-23-22(16-21(39-23)8-6-15-37-19(2)33)24(34)31-13-9-20(10-14-31)32-12-7-11-28(18-32)17-27(3,4)38-25(28)35/h16,20H,5-15,17-18H2,1-4H3,(H2,29,30,36). The first-order valence-electron chi connectivity index (χ1n) is 14.1. The highest BCUT2D eigenvalue weighted by atomic mass is 32.1. The van der Waals surface area contributed by atoms with E-state index in [1.807, 2.05) is 31.7 Å². The summed E-state index contributed by atoms with van der Waals surface area (Å²) in [6.45, 7) is 11.0. The summed E-state index contributed by atoms with van der Waals surface area (Å²) in [6.07, 6.45) is 5.60. The summed E-state index contributed by atoms with van der Waals surface area (Å²) in [7, 11) is 0. The molecule has 3 fully saturated rings. The van der Waals surface area contributed by atoms with Gasteiger partial charge in [0.25, 0.3) is 5.91 Å². The van der Waals surface area contributed by atoms with Crippen molar-refractivity contribution < 1.29 is 28.7 Å². The summed E-state index contributed by atoms with van der Waals surface area (Å²) in [5.41, 5.74) is -0.313. The molecule has 3 aliphatic rings. The molecule has 1 unspecified atom stereocenters. The fourth-order valence-electron chi connectivity index (χ4n) is 6.26. The Morgan fingerprint density at radius 1 is 1.21 bits per heavy atom. The second kappa shape index (κ2) is 12.2. The number of anilines is 1. The minimum atomic E-state index is -0.407. The van der Waals surface area contributed by atoms with Crippen LogP contribution in [0.15, 0.2) is 6.07 Å². The number of piperidine rings is 2. The van der Waals surface area contributed by atoms with E-state index < -0.39 is 11.0 Å². The van der Waals surface area contributed by atoms with Crippen LogP contribution in [-0.4, -0.2) is 84.7 Å². The van der Waals surface area contributed by atoms with Crippen molar-refractivity contribution in [3.8, 4) is 0 Å². The predicted octanol–water partition coefficient (Wildman–Crippen LogP) is 3.80. The van der Waals surface area contributed by atoms with Crippen molar-refractivity contribution in [3.63, 3.8) is 0 Å². The molecule has 2 N–H and O–H groups in total. The first-order chi connectivity index (χ1) is 18.5. The summed E-state index contributed by atoms with van der Waals surface area (Å²) in [6, 6.07) is 1.84. The number of amides is 3. The van der Waals surface area contributed by atoms with Crippen LogP contribution >= 0.6 is 11.3 Å². The van der Waals surface area contributed by atoms with E-state index in [4.69, 9.17) is 9.47 Å². The molecule has 0 radical (unpaired) electrons. The zero-order chi connectivity index (χ0) is 28.2. The van der Waals surface area contributed by atoms with Gasteiger partial charge < -0.3 is 19.7 Å². The number of carbonyl (C=O) groups excluding carboxylic acids is 4. The van der Waals surface area contributed by atoms with Gasteiger partial charge in [0.1, 0.15) is 10.6 Å². The van der Waals surface area contributed by atoms with E-state index in [1.165, 1.54) is 18.3 Å². The van der Waals surface area contributed by atoms with Crippen LogP contribution in [0.25, 0.3) is 0 Å². The van der Waals surface area contributed by atoms with E-state index in [0.29, 0.717) is 55.7 Å². The number of nitrogens with one attached hydrogen (secondary N) is 2. The van der Waals surface area contributed by atoms with Crippen molar-refractivity contribution in [1.29, 1.82) is 0 Å². The molecule has 216 valence electrons. The molecule has 3 amide bonds. The number of cyclic esters (lactones) is 1. The highest BCUT2D eigenvalue weighted by Gasteiger charge is 2.54. The summed E-state index contributed by atoms with van der Waals surface area (Å²) in [5.74, 6) is -0.456. The van der Waals surface area contributed by atoms with Gasteiger partial charge in [0.15, 0.2) is 0 Å². The Kier molecular flexibility index (Phi) is 9.21. The van der Waals surface area contributed by atoms with Gasteiger partial charge in [0.05, 0.1) is 17.6 Å². The number of hydrogen-bond donors (Lipinski definition) is 2. The van der Waals surface area contributed by atoms with Crippen LogP contribution in [-0.2, 0) is 25.5 Å². The van der Waals surface area contributed by atoms with Crippen molar-refractivity contribution >= 4 is 40.2 Å². The zero-order valence-electron chi connectivity index (χ0n) is 23.6. The lowest BCUT2D eigenvalue weighted by atomic mass is 9.74. The quantitative estimate of drug-likeness (QED) is 0.366. The Morgan fingerprint density at radius 3 is 2.59 bits per heavy atom. The molecular formula is C28H42N4O6S. The second-order valence-corrected chi connectivity index (χ2v) is 12.7. The Hall–Kier alpha value is -2.66. The van der Waals surface area contributed by atoms with Gasteiger partial charge in [-0.05, 0) is 71.9 Å². The van der Waals surface area contributed by atoms with Crippen molar-refractivity contribution in [3.05, 3.63) is 16.5 Å². The first-order valence-corrected chi connectivity index (χ1v) is 14.9. The predicted molar refractivity (Wildman–Crippen MR) is 149 cm³/mol. The van der Waals surface area contributed by atoms with E-state index in [-0.39, 0.29) is 23.9 Å². The highest BCUT2D eigenvalue weighted by molar-refractivity contribution is 7.16. The third-order valence-corrected chi connectivity index (χ3v) is 9.00. The molecule has 1 spiro atoms. The maximum atomic E-state index is 13.6. The van der Waals surface area contributed by atoms with Gasteiger partial charge in [0.2, 0.25) is 0 Å². The topological polar surface area (TPSA) is 117 Å². The molecule has 1 aromatic heterocycles. The fourth-order valence-corrected chi connectivity index (χ4v) is 7.35. The molecule has 39 heavy (non-hydrogen) atoms. The summed E-state index contributed by atoms with van der Waals surface area (Å²) in [5, 5.41) is 6.10. The normalized spacial score (nSPS) is 23.5. The van der Waals surface area contributed by atoms with Crippen LogP contribution in [0, 0.1) is 5.41 Å². The van der Waals surface area contributed by atoms with E-state index in [2.05, 4.69) is 15.5 Å². The number of likely N-dealkylation sites (tertiary alicyclic amines) is 2. The van der Waals surface area contributed by atoms with Crippen LogP contribution < -0.4 is 10.6 Å². The Morgan fingerprint density at radius 2 is 1.95 bits per heavy atom. The molecule has 4 rings (SSSR count). The molecule has 11 heteroatoms. The Bertz CT molecular complexity index is 1080. The Labute approximate surface area is 234 Å². The number of rotatable bonds is 8. The summed E-state index contributed by atoms with van der Waals surface area (Å²) >= 11 is 1.39. The highest BCUT2D eigenvalue weighted by Crippen LogP contribution is 2.46. The van der Waals surface area contributed by atoms with Gasteiger partial charge in [-0.2, -0.15) is 0 Å². The Balaban J connectivity index is 1.38. The number of aryl methyl sites for hydroxylation is 1. The molecule has 0 saturated carbocycles. The van der Waals surface area contributed by atoms with Crippen LogP contribution in [0.5, 0.6) is 0 Å². The van der Waals surface area contributed by atoms with Crippen molar-refractivity contribution in [2.24, 2.45) is 5.41 Å². The third kappa shape index (κ3) is 7.11. The summed E-state index contributed by atoms with van der Waals surface area (Å²) < 4.78 is 10.7. The van der Waals surface area contributed by atoms with Crippen molar-refractivity contribution in [2.45, 2.75) is 84.3 Å². The average molecular weight is 563 g/mol. The molecule has 1 atom stereocenters. The first kappa shape index (κ1) is 29.3. The smallest absolute Gasteiger partial charge is 0.319 e. The minimum Gasteiger partial charge on any atom is -0.466 e. The van der Waals surface area contributed by atoms with E-state index in [0.717, 1.165) is 50.1 Å². The SMILES string of the molecule is CCNC(=O)Nc1sc(CCCOC(C)=O)cc1C(=O)N1CCC(N2CCCC3(C2)CC(C)(C)OC3=O)CC1. The molecule has 0 bridgehead atoms. The maximum absolute atomic E-state index is 13.6. The van der Waals surface area contributed by atoms with Crippen molar-refractivity contribution in [1.82, 2.24) is 15.1 Å². The van der Waals surface area contributed by atoms with Crippen molar-refractivity contribution in [2.75, 3.05) is 44.6 Å². The van der Waals surface area contributed by atoms with Crippen LogP contribution in [0.1, 0.15) is 81.5 Å². The van der Waals surface area contributed by atoms with E-state index >= 15 is 0 Å². The fraction of sp³-hybridized carbons (Fsp3) is 0.714. The van der Waals surface area contributed by atoms with Gasteiger partial charge in [0, 0.05) is 50.4 Å². The van der Waals surface area contributed by atoms with Gasteiger partial charge in [-0.3, -0.25) is 24.6 Å². The summed E-state index contributed by atoms with van der Waals surface area (Å²) in [4.78, 5) is 55.0. The monoisotopic (exact) mass is 562 g/mol. The second-order valence-electron chi connectivity index (χ2n) is 11.6. The van der Waals surface area contributed by atoms with Crippen LogP contribution in [0.2, 0.25) is 0 Å². The lowest BCUT2D eigenvalue weighted by molar-refractivity contribution is -0.154. The lowest BCUT2D eigenvalue weighted by Gasteiger charge is -2.44. The number of hydrogen-bond acceptors (Lipinski definition) is 8. The van der Waals surface area contributed by atoms with E-state index in [1.54, 1.807) is 0 Å². The molecule has 0 aromatic carbocycles. The zero-order valence-corrected chi connectivity index (χ0v) is 24.4. The molecule has 10 nitrogen and oxygen atoms in total. The molecule has 0 aliphatic carbocycles.